The predicted octanol–water partition coefficient (Wildman–Crippen LogP) is 12.2. The number of hydrogen-bond acceptors (Lipinski definition) is 13. The largest absolute Gasteiger partial charge is 0.387 e. The molecular formula is C66H68ClF3O12S. The normalized spacial score (nSPS) is 28.2. The highest BCUT2D eigenvalue weighted by Crippen LogP contribution is 2.41. The molecule has 3 saturated heterocycles. The van der Waals surface area contributed by atoms with Crippen LogP contribution in [0.2, 0.25) is 5.02 Å². The van der Waals surface area contributed by atoms with Crippen molar-refractivity contribution in [1.29, 1.82) is 0 Å². The Morgan fingerprint density at radius 2 is 0.699 bits per heavy atom. The Morgan fingerprint density at radius 3 is 1.11 bits per heavy atom. The molecule has 7 aromatic carbocycles. The summed E-state index contributed by atoms with van der Waals surface area (Å²) >= 11 is 7.40. The summed E-state index contributed by atoms with van der Waals surface area (Å²) < 4.78 is 125. The number of halogens is 4. The fourth-order valence-corrected chi connectivity index (χ4v) is 11.3. The molecule has 3 heterocycles. The zero-order valence-electron chi connectivity index (χ0n) is 45.5. The lowest BCUT2D eigenvalue weighted by molar-refractivity contribution is -0.368. The van der Waals surface area contributed by atoms with E-state index in [1.807, 2.05) is 182 Å². The average molecular weight is 1180 g/mol. The first kappa shape index (κ1) is 60.6. The van der Waals surface area contributed by atoms with Crippen LogP contribution in [0.4, 0.5) is 13.2 Å². The van der Waals surface area contributed by atoms with Crippen LogP contribution in [0.15, 0.2) is 211 Å². The summed E-state index contributed by atoms with van der Waals surface area (Å²) in [6.07, 6.45) is -22.2. The van der Waals surface area contributed by atoms with E-state index in [0.29, 0.717) is 15.5 Å². The van der Waals surface area contributed by atoms with E-state index in [1.165, 1.54) is 0 Å². The van der Waals surface area contributed by atoms with Gasteiger partial charge >= 0.3 is 0 Å². The molecule has 1 N–H and O–H groups in total. The van der Waals surface area contributed by atoms with E-state index >= 15 is 13.2 Å². The standard InChI is InChI=1S/C66H68ClF3O12S/c67-50-31-33-51(34-32-50)83-66-57(70)63(77-40-49-29-17-6-18-30-49)60(54(80-66)43-74-37-46-23-11-3-12-24-46)82-65-56(69)62(76-39-48-27-15-5-16-28-48)59(53(79-65)42-73-36-45-21-9-2-10-22-45)81-64-55(68)61(75-38-47-25-13-4-14-26-47)58(71)52(78-64)41-72-35-44-19-7-1-8-20-44/h1-34,52-66,71H,35-43H2/t52-,53-,54-,55-,56-,57-,58-,59-,60-,61-,62-,63-,64-,65-,66+/m1/s1. The number of aliphatic hydroxyl groups excluding tert-OH is 1. The quantitative estimate of drug-likeness (QED) is 0.0526. The van der Waals surface area contributed by atoms with Crippen molar-refractivity contribution in [3.8, 4) is 0 Å². The lowest BCUT2D eigenvalue weighted by Gasteiger charge is -2.49. The Morgan fingerprint density at radius 1 is 0.373 bits per heavy atom. The van der Waals surface area contributed by atoms with Gasteiger partial charge in [-0.2, -0.15) is 0 Å². The molecule has 12 nitrogen and oxygen atoms in total. The molecule has 0 amide bonds. The Kier molecular flexibility index (Phi) is 22.7. The van der Waals surface area contributed by atoms with Crippen LogP contribution in [-0.4, -0.2) is 116 Å². The van der Waals surface area contributed by atoms with Gasteiger partial charge in [0.1, 0.15) is 60.4 Å². The molecule has 83 heavy (non-hydrogen) atoms. The predicted molar refractivity (Wildman–Crippen MR) is 307 cm³/mol. The van der Waals surface area contributed by atoms with Gasteiger partial charge < -0.3 is 57.2 Å². The molecule has 0 bridgehead atoms. The third kappa shape index (κ3) is 17.1. The topological polar surface area (TPSA) is 122 Å². The first-order valence-electron chi connectivity index (χ1n) is 27.8. The van der Waals surface area contributed by atoms with E-state index in [9.17, 15) is 5.11 Å². The average Bonchev–Trinajstić information content (AvgIpc) is 3.64. The van der Waals surface area contributed by atoms with Gasteiger partial charge in [0.15, 0.2) is 31.1 Å². The number of benzene rings is 7. The van der Waals surface area contributed by atoms with Gasteiger partial charge in [0.2, 0.25) is 0 Å². The highest BCUT2D eigenvalue weighted by Gasteiger charge is 2.56. The summed E-state index contributed by atoms with van der Waals surface area (Å²) in [5.74, 6) is 0. The molecule has 15 atom stereocenters. The van der Waals surface area contributed by atoms with Crippen molar-refractivity contribution in [2.45, 2.75) is 136 Å². The molecule has 438 valence electrons. The van der Waals surface area contributed by atoms with Gasteiger partial charge in [-0.25, -0.2) is 13.2 Å². The lowest BCUT2D eigenvalue weighted by Crippen LogP contribution is -2.66. The van der Waals surface area contributed by atoms with E-state index in [-0.39, 0.29) is 59.5 Å². The van der Waals surface area contributed by atoms with Gasteiger partial charge in [0, 0.05) is 9.92 Å². The van der Waals surface area contributed by atoms with Crippen LogP contribution in [-0.2, 0) is 91.7 Å². The minimum Gasteiger partial charge on any atom is -0.387 e. The van der Waals surface area contributed by atoms with Crippen molar-refractivity contribution in [2.24, 2.45) is 0 Å². The molecule has 17 heteroatoms. The second-order valence-electron chi connectivity index (χ2n) is 20.5. The Hall–Kier alpha value is -5.51. The molecule has 3 aliphatic rings. The van der Waals surface area contributed by atoms with Crippen molar-refractivity contribution < 1.29 is 70.4 Å². The zero-order chi connectivity index (χ0) is 57.2. The summed E-state index contributed by atoms with van der Waals surface area (Å²) in [5.41, 5.74) is 3.61. The molecule has 3 aliphatic heterocycles. The highest BCUT2D eigenvalue weighted by molar-refractivity contribution is 7.99. The molecule has 0 saturated carbocycles. The zero-order valence-corrected chi connectivity index (χ0v) is 47.1. The molecule has 0 radical (unpaired) electrons. The summed E-state index contributed by atoms with van der Waals surface area (Å²) in [6, 6.07) is 62.9. The SMILES string of the molecule is O[C@H]1[C@H](OCc2ccccc2)[C@@H](F)[C@@H](O[C@H]2[C@H](OCc3ccccc3)[C@@H](F)[C@@H](O[C@H]3[C@H](OCc4ccccc4)[C@@H](F)[C@H](Sc4ccc(Cl)cc4)O[C@@H]3COCc3ccccc3)O[C@@H]2COCc2ccccc2)O[C@@H]1COCc1ccccc1. The van der Waals surface area contributed by atoms with Crippen molar-refractivity contribution in [3.05, 3.63) is 245 Å². The summed E-state index contributed by atoms with van der Waals surface area (Å²) in [5, 5.41) is 12.3. The minimum absolute atomic E-state index is 0.0320. The molecule has 0 aliphatic carbocycles. The van der Waals surface area contributed by atoms with Gasteiger partial charge in [-0.3, -0.25) is 0 Å². The third-order valence-electron chi connectivity index (χ3n) is 14.4. The van der Waals surface area contributed by atoms with Gasteiger partial charge in [-0.1, -0.05) is 205 Å². The smallest absolute Gasteiger partial charge is 0.192 e. The molecule has 7 aromatic rings. The van der Waals surface area contributed by atoms with Gasteiger partial charge in [0.25, 0.3) is 0 Å². The Bertz CT molecular complexity index is 2940. The number of aliphatic hydroxyl groups is 1. The number of alkyl halides is 3. The summed E-state index contributed by atoms with van der Waals surface area (Å²) in [4.78, 5) is 0.682. The van der Waals surface area contributed by atoms with Crippen LogP contribution >= 0.6 is 23.4 Å². The third-order valence-corrected chi connectivity index (χ3v) is 15.8. The van der Waals surface area contributed by atoms with Crippen LogP contribution in [0.5, 0.6) is 0 Å². The Labute approximate surface area is 491 Å². The monoisotopic (exact) mass is 1180 g/mol. The van der Waals surface area contributed by atoms with Crippen molar-refractivity contribution in [1.82, 2.24) is 0 Å². The van der Waals surface area contributed by atoms with E-state index in [1.54, 1.807) is 24.3 Å². The first-order valence-corrected chi connectivity index (χ1v) is 29.1. The molecule has 0 spiro atoms. The van der Waals surface area contributed by atoms with Crippen LogP contribution in [0.3, 0.4) is 0 Å². The number of thioether (sulfide) groups is 1. The van der Waals surface area contributed by atoms with Crippen LogP contribution < -0.4 is 0 Å². The second kappa shape index (κ2) is 31.0. The lowest BCUT2D eigenvalue weighted by atomic mass is 9.96. The maximum Gasteiger partial charge on any atom is 0.192 e. The number of rotatable bonds is 27. The summed E-state index contributed by atoms with van der Waals surface area (Å²) in [7, 11) is 0. The molecular weight excluding hydrogens is 1110 g/mol. The number of ether oxygens (including phenoxy) is 11. The van der Waals surface area contributed by atoms with Gasteiger partial charge in [0.05, 0.1) is 59.5 Å². The van der Waals surface area contributed by atoms with Crippen molar-refractivity contribution >= 4 is 23.4 Å². The minimum atomic E-state index is -2.21. The fraction of sp³-hybridized carbons (Fsp3) is 0.364. The van der Waals surface area contributed by atoms with E-state index < -0.39 is 91.5 Å². The van der Waals surface area contributed by atoms with Gasteiger partial charge in [-0.15, -0.1) is 0 Å². The van der Waals surface area contributed by atoms with Crippen molar-refractivity contribution in [3.63, 3.8) is 0 Å². The van der Waals surface area contributed by atoms with Crippen LogP contribution in [0.1, 0.15) is 33.4 Å². The first-order chi connectivity index (χ1) is 40.7. The van der Waals surface area contributed by atoms with E-state index in [0.717, 1.165) is 39.6 Å². The van der Waals surface area contributed by atoms with Crippen LogP contribution in [0, 0.1) is 0 Å². The highest BCUT2D eigenvalue weighted by atomic mass is 35.5. The van der Waals surface area contributed by atoms with Gasteiger partial charge in [-0.05, 0) is 57.6 Å². The van der Waals surface area contributed by atoms with Crippen LogP contribution in [0.25, 0.3) is 0 Å². The van der Waals surface area contributed by atoms with E-state index in [2.05, 4.69) is 0 Å². The van der Waals surface area contributed by atoms with E-state index in [4.69, 9.17) is 63.7 Å². The Balaban J connectivity index is 0.981. The molecule has 0 aromatic heterocycles. The maximum absolute atomic E-state index is 18.4. The van der Waals surface area contributed by atoms with Crippen molar-refractivity contribution in [2.75, 3.05) is 19.8 Å². The summed E-state index contributed by atoms with van der Waals surface area (Å²) in [6.45, 7) is -0.341. The maximum atomic E-state index is 18.4. The molecule has 0 unspecified atom stereocenters. The fourth-order valence-electron chi connectivity index (χ4n) is 10.1. The second-order valence-corrected chi connectivity index (χ2v) is 22.1. The molecule has 3 fully saturated rings. The number of hydrogen-bond donors (Lipinski definition) is 1. The molecule has 10 rings (SSSR count).